The lowest BCUT2D eigenvalue weighted by molar-refractivity contribution is 0.0766. The van der Waals surface area contributed by atoms with E-state index >= 15 is 0 Å². The second kappa shape index (κ2) is 5.50. The maximum Gasteiger partial charge on any atom is 0.167 e. The highest BCUT2D eigenvalue weighted by Crippen LogP contribution is 2.39. The third-order valence-electron chi connectivity index (χ3n) is 5.08. The molecule has 4 heteroatoms. The number of fused-ring (bicyclic) bond motifs is 2. The molecule has 3 rings (SSSR count). The highest BCUT2D eigenvalue weighted by Gasteiger charge is 2.41. The van der Waals surface area contributed by atoms with Gasteiger partial charge in [-0.25, -0.2) is 0 Å². The van der Waals surface area contributed by atoms with Crippen molar-refractivity contribution in [3.8, 4) is 11.8 Å². The van der Waals surface area contributed by atoms with Crippen molar-refractivity contribution in [2.45, 2.75) is 37.8 Å². The summed E-state index contributed by atoms with van der Waals surface area (Å²) in [6, 6.07) is 8.29. The third kappa shape index (κ3) is 2.43. The molecule has 110 valence electrons. The zero-order valence-corrected chi connectivity index (χ0v) is 12.5. The molecule has 0 N–H and O–H groups in total. The van der Waals surface area contributed by atoms with E-state index in [4.69, 9.17) is 4.74 Å². The fourth-order valence-corrected chi connectivity index (χ4v) is 3.80. The van der Waals surface area contributed by atoms with Gasteiger partial charge in [-0.2, -0.15) is 5.26 Å². The number of nitriles is 1. The summed E-state index contributed by atoms with van der Waals surface area (Å²) in [5.41, 5.74) is 0.970. The first-order chi connectivity index (χ1) is 10.1. The number of rotatable bonds is 3. The average Bonchev–Trinajstić information content (AvgIpc) is 2.75. The molecule has 2 heterocycles. The molecule has 1 aromatic rings. The molecule has 2 aliphatic heterocycles. The Labute approximate surface area is 125 Å². The normalized spacial score (nSPS) is 28.1. The van der Waals surface area contributed by atoms with Crippen LogP contribution in [0, 0.1) is 17.2 Å². The maximum absolute atomic E-state index is 12.8. The number of ether oxygens (including phenoxy) is 1. The van der Waals surface area contributed by atoms with Gasteiger partial charge in [0, 0.05) is 23.6 Å². The van der Waals surface area contributed by atoms with Gasteiger partial charge in [-0.15, -0.1) is 0 Å². The van der Waals surface area contributed by atoms with Crippen molar-refractivity contribution in [1.29, 1.82) is 5.26 Å². The lowest BCUT2D eigenvalue weighted by atomic mass is 9.84. The average molecular weight is 284 g/mol. The lowest BCUT2D eigenvalue weighted by Crippen LogP contribution is -2.42. The van der Waals surface area contributed by atoms with Crippen LogP contribution in [0.1, 0.15) is 41.6 Å². The monoisotopic (exact) mass is 284 g/mol. The Morgan fingerprint density at radius 3 is 2.57 bits per heavy atom. The zero-order valence-electron chi connectivity index (χ0n) is 12.5. The van der Waals surface area contributed by atoms with Crippen LogP contribution in [0.25, 0.3) is 0 Å². The third-order valence-corrected chi connectivity index (χ3v) is 5.08. The van der Waals surface area contributed by atoms with E-state index < -0.39 is 0 Å². The van der Waals surface area contributed by atoms with Crippen LogP contribution in [0.3, 0.4) is 0 Å². The van der Waals surface area contributed by atoms with Crippen LogP contribution in [-0.4, -0.2) is 36.9 Å². The van der Waals surface area contributed by atoms with Gasteiger partial charge in [-0.3, -0.25) is 4.79 Å². The summed E-state index contributed by atoms with van der Waals surface area (Å²) in [5, 5.41) is 9.24. The molecule has 0 radical (unpaired) electrons. The number of nitrogens with zero attached hydrogens (tertiary/aromatic N) is 2. The Morgan fingerprint density at radius 1 is 1.33 bits per heavy atom. The number of Topliss-reactive ketones (excluding diaryl/α,β-unsaturated/α-hetero) is 1. The molecule has 21 heavy (non-hydrogen) atoms. The number of carbonyl (C=O) groups is 1. The molecule has 2 saturated heterocycles. The quantitative estimate of drug-likeness (QED) is 0.801. The van der Waals surface area contributed by atoms with E-state index in [2.05, 4.69) is 18.0 Å². The first-order valence-electron chi connectivity index (χ1n) is 7.48. The number of methoxy groups -OCH3 is 1. The lowest BCUT2D eigenvalue weighted by Gasteiger charge is -2.35. The van der Waals surface area contributed by atoms with Crippen molar-refractivity contribution in [2.24, 2.45) is 5.92 Å². The maximum atomic E-state index is 12.8. The number of benzene rings is 1. The van der Waals surface area contributed by atoms with Crippen LogP contribution in [0.15, 0.2) is 18.2 Å². The van der Waals surface area contributed by atoms with Crippen molar-refractivity contribution in [1.82, 2.24) is 4.90 Å². The summed E-state index contributed by atoms with van der Waals surface area (Å²) in [7, 11) is 3.74. The van der Waals surface area contributed by atoms with E-state index in [1.165, 1.54) is 12.8 Å². The SMILES string of the molecule is COc1ccc(C#N)c(C(=O)C2CC3CCC(C2)N3C)c1. The Balaban J connectivity index is 1.87. The van der Waals surface area contributed by atoms with Gasteiger partial charge in [0.1, 0.15) is 5.75 Å². The Bertz CT molecular complexity index is 591. The molecule has 4 nitrogen and oxygen atoms in total. The molecule has 2 fully saturated rings. The van der Waals surface area contributed by atoms with Crippen LogP contribution in [0.2, 0.25) is 0 Å². The van der Waals surface area contributed by atoms with Crippen LogP contribution >= 0.6 is 0 Å². The van der Waals surface area contributed by atoms with E-state index in [1.54, 1.807) is 25.3 Å². The number of hydrogen-bond acceptors (Lipinski definition) is 4. The van der Waals surface area contributed by atoms with E-state index in [0.29, 0.717) is 29.0 Å². The summed E-state index contributed by atoms with van der Waals surface area (Å²) >= 11 is 0. The van der Waals surface area contributed by atoms with Crippen LogP contribution < -0.4 is 4.74 Å². The highest BCUT2D eigenvalue weighted by atomic mass is 16.5. The van der Waals surface area contributed by atoms with E-state index in [1.807, 2.05) is 0 Å². The van der Waals surface area contributed by atoms with Gasteiger partial charge in [0.2, 0.25) is 0 Å². The largest absolute Gasteiger partial charge is 0.497 e. The summed E-state index contributed by atoms with van der Waals surface area (Å²) < 4.78 is 5.19. The fourth-order valence-electron chi connectivity index (χ4n) is 3.80. The molecule has 0 aromatic heterocycles. The van der Waals surface area contributed by atoms with Crippen LogP contribution in [0.4, 0.5) is 0 Å². The van der Waals surface area contributed by atoms with Crippen molar-refractivity contribution >= 4 is 5.78 Å². The molecule has 0 amide bonds. The number of piperidine rings is 1. The number of ketones is 1. The molecule has 2 unspecified atom stereocenters. The smallest absolute Gasteiger partial charge is 0.167 e. The molecule has 0 spiro atoms. The van der Waals surface area contributed by atoms with E-state index in [0.717, 1.165) is 12.8 Å². The molecule has 0 aliphatic carbocycles. The first kappa shape index (κ1) is 14.1. The molecule has 2 aliphatic rings. The molecular formula is C17H20N2O2. The minimum atomic E-state index is 0.0397. The van der Waals surface area contributed by atoms with Gasteiger partial charge in [-0.05, 0) is 50.9 Å². The van der Waals surface area contributed by atoms with Crippen LogP contribution in [-0.2, 0) is 0 Å². The zero-order chi connectivity index (χ0) is 15.0. The van der Waals surface area contributed by atoms with Crippen molar-refractivity contribution in [3.05, 3.63) is 29.3 Å². The molecule has 0 saturated carbocycles. The second-order valence-electron chi connectivity index (χ2n) is 6.11. The molecular weight excluding hydrogens is 264 g/mol. The Kier molecular flexibility index (Phi) is 3.69. The van der Waals surface area contributed by atoms with Gasteiger partial charge in [0.15, 0.2) is 5.78 Å². The summed E-state index contributed by atoms with van der Waals surface area (Å²) in [4.78, 5) is 15.3. The molecule has 2 bridgehead atoms. The topological polar surface area (TPSA) is 53.3 Å². The Morgan fingerprint density at radius 2 is 2.00 bits per heavy atom. The van der Waals surface area contributed by atoms with Crippen molar-refractivity contribution < 1.29 is 9.53 Å². The minimum absolute atomic E-state index is 0.0397. The summed E-state index contributed by atoms with van der Waals surface area (Å²) in [6.45, 7) is 0. The fraction of sp³-hybridized carbons (Fsp3) is 0.529. The molecule has 1 aromatic carbocycles. The van der Waals surface area contributed by atoms with Crippen molar-refractivity contribution in [3.63, 3.8) is 0 Å². The number of carbonyl (C=O) groups excluding carboxylic acids is 1. The first-order valence-corrected chi connectivity index (χ1v) is 7.48. The van der Waals surface area contributed by atoms with Gasteiger partial charge < -0.3 is 9.64 Å². The predicted molar refractivity (Wildman–Crippen MR) is 79.3 cm³/mol. The van der Waals surface area contributed by atoms with Crippen LogP contribution in [0.5, 0.6) is 5.75 Å². The predicted octanol–water partition coefficient (Wildman–Crippen LogP) is 2.62. The molecule has 2 atom stereocenters. The highest BCUT2D eigenvalue weighted by molar-refractivity contribution is 6.00. The Hall–Kier alpha value is -1.86. The minimum Gasteiger partial charge on any atom is -0.497 e. The van der Waals surface area contributed by atoms with Crippen molar-refractivity contribution in [2.75, 3.05) is 14.2 Å². The standard InChI is InChI=1S/C17H20N2O2/c1-19-13-4-5-14(19)8-12(7-13)17(20)16-9-15(21-2)6-3-11(16)10-18/h3,6,9,12-14H,4-5,7-8H2,1-2H3. The number of hydrogen-bond donors (Lipinski definition) is 0. The second-order valence-corrected chi connectivity index (χ2v) is 6.11. The summed E-state index contributed by atoms with van der Waals surface area (Å²) in [6.07, 6.45) is 4.20. The van der Waals surface area contributed by atoms with Gasteiger partial charge in [0.05, 0.1) is 18.7 Å². The van der Waals surface area contributed by atoms with Gasteiger partial charge in [-0.1, -0.05) is 0 Å². The van der Waals surface area contributed by atoms with E-state index in [9.17, 15) is 10.1 Å². The van der Waals surface area contributed by atoms with Gasteiger partial charge in [0.25, 0.3) is 0 Å². The summed E-state index contributed by atoms with van der Waals surface area (Å²) in [5.74, 6) is 0.779. The van der Waals surface area contributed by atoms with Gasteiger partial charge >= 0.3 is 0 Å². The van der Waals surface area contributed by atoms with E-state index in [-0.39, 0.29) is 11.7 Å².